The van der Waals surface area contributed by atoms with E-state index in [1.54, 1.807) is 13.1 Å². The fourth-order valence-corrected chi connectivity index (χ4v) is 4.88. The molecule has 2 N–H and O–H groups in total. The van der Waals surface area contributed by atoms with Crippen LogP contribution in [0, 0.1) is 12.8 Å². The first-order valence-corrected chi connectivity index (χ1v) is 12.7. The van der Waals surface area contributed by atoms with Gasteiger partial charge < -0.3 is 15.5 Å². The largest absolute Gasteiger partial charge is 0.372 e. The monoisotopic (exact) mass is 442 g/mol. The third-order valence-corrected chi connectivity index (χ3v) is 7.12. The molecule has 0 radical (unpaired) electrons. The lowest BCUT2D eigenvalue weighted by Crippen LogP contribution is -2.36. The maximum Gasteiger partial charge on any atom is 0.191 e. The van der Waals surface area contributed by atoms with E-state index in [1.165, 1.54) is 30.3 Å². The predicted octanol–water partition coefficient (Wildman–Crippen LogP) is 3.50. The highest BCUT2D eigenvalue weighted by atomic mass is 32.2. The fraction of sp³-hybridized carbons (Fsp3) is 0.458. The van der Waals surface area contributed by atoms with Gasteiger partial charge in [0.1, 0.15) is 0 Å². The number of aryl methyl sites for hydroxylation is 1. The molecular weight excluding hydrogens is 408 g/mol. The zero-order valence-electron chi connectivity index (χ0n) is 19.0. The predicted molar refractivity (Wildman–Crippen MR) is 128 cm³/mol. The summed E-state index contributed by atoms with van der Waals surface area (Å²) in [5.74, 6) is 1.54. The Balaban J connectivity index is 1.51. The number of piperidine rings is 1. The van der Waals surface area contributed by atoms with Crippen LogP contribution < -0.4 is 15.5 Å². The van der Waals surface area contributed by atoms with E-state index in [9.17, 15) is 8.42 Å². The van der Waals surface area contributed by atoms with E-state index in [0.29, 0.717) is 23.9 Å². The summed E-state index contributed by atoms with van der Waals surface area (Å²) in [5.41, 5.74) is 4.26. The summed E-state index contributed by atoms with van der Waals surface area (Å²) in [6.07, 6.45) is 3.77. The average Bonchev–Trinajstić information content (AvgIpc) is 2.74. The van der Waals surface area contributed by atoms with Gasteiger partial charge in [-0.15, -0.1) is 0 Å². The highest BCUT2D eigenvalue weighted by Crippen LogP contribution is 2.23. The summed E-state index contributed by atoms with van der Waals surface area (Å²) in [6.45, 7) is 7.68. The molecule has 3 rings (SSSR count). The van der Waals surface area contributed by atoms with Gasteiger partial charge in [-0.1, -0.05) is 31.2 Å². The minimum Gasteiger partial charge on any atom is -0.372 e. The van der Waals surface area contributed by atoms with Gasteiger partial charge in [0.2, 0.25) is 0 Å². The second-order valence-corrected chi connectivity index (χ2v) is 10.5. The van der Waals surface area contributed by atoms with Crippen molar-refractivity contribution in [3.8, 4) is 0 Å². The van der Waals surface area contributed by atoms with Crippen LogP contribution >= 0.6 is 0 Å². The minimum atomic E-state index is -3.20. The highest BCUT2D eigenvalue weighted by molar-refractivity contribution is 7.90. The second kappa shape index (κ2) is 10.2. The fourth-order valence-electron chi connectivity index (χ4n) is 3.92. The van der Waals surface area contributed by atoms with Crippen LogP contribution in [0.5, 0.6) is 0 Å². The molecule has 0 amide bonds. The molecular formula is C24H34N4O2S. The standard InChI is InChI=1S/C24H34N4O2S/c1-18-11-13-28(14-12-18)22-8-5-20(6-9-22)16-26-24(25-3)27-17-21-7-10-23(19(2)15-21)31(4,29)30/h5-10,15,18H,11-14,16-17H2,1-4H3,(H2,25,26,27). The zero-order chi connectivity index (χ0) is 22.4. The average molecular weight is 443 g/mol. The normalized spacial score (nSPS) is 15.7. The van der Waals surface area contributed by atoms with Crippen molar-refractivity contribution in [2.75, 3.05) is 31.3 Å². The molecule has 1 fully saturated rings. The van der Waals surface area contributed by atoms with Gasteiger partial charge in [0, 0.05) is 45.2 Å². The molecule has 0 saturated carbocycles. The SMILES string of the molecule is CN=C(NCc1ccc(N2CCC(C)CC2)cc1)NCc1ccc(S(C)(=O)=O)c(C)c1. The number of hydrogen-bond donors (Lipinski definition) is 2. The Morgan fingerprint density at radius 1 is 1.03 bits per heavy atom. The van der Waals surface area contributed by atoms with Crippen molar-refractivity contribution in [3.05, 3.63) is 59.2 Å². The quantitative estimate of drug-likeness (QED) is 0.529. The second-order valence-electron chi connectivity index (χ2n) is 8.49. The lowest BCUT2D eigenvalue weighted by molar-refractivity contribution is 0.438. The van der Waals surface area contributed by atoms with Gasteiger partial charge >= 0.3 is 0 Å². The number of sulfone groups is 1. The summed E-state index contributed by atoms with van der Waals surface area (Å²) in [4.78, 5) is 7.13. The first-order valence-electron chi connectivity index (χ1n) is 10.8. The van der Waals surface area contributed by atoms with Crippen molar-refractivity contribution in [2.24, 2.45) is 10.9 Å². The molecule has 0 unspecified atom stereocenters. The van der Waals surface area contributed by atoms with Crippen molar-refractivity contribution >= 4 is 21.5 Å². The van der Waals surface area contributed by atoms with Crippen molar-refractivity contribution in [2.45, 2.75) is 44.7 Å². The Hall–Kier alpha value is -2.54. The molecule has 7 heteroatoms. The van der Waals surface area contributed by atoms with Gasteiger partial charge in [0.15, 0.2) is 15.8 Å². The van der Waals surface area contributed by atoms with Crippen LogP contribution in [0.2, 0.25) is 0 Å². The van der Waals surface area contributed by atoms with E-state index < -0.39 is 9.84 Å². The van der Waals surface area contributed by atoms with Gasteiger partial charge in [-0.25, -0.2) is 8.42 Å². The molecule has 0 aliphatic carbocycles. The maximum atomic E-state index is 11.8. The smallest absolute Gasteiger partial charge is 0.191 e. The third-order valence-electron chi connectivity index (χ3n) is 5.87. The summed E-state index contributed by atoms with van der Waals surface area (Å²) in [6, 6.07) is 14.1. The molecule has 1 heterocycles. The number of anilines is 1. The van der Waals surface area contributed by atoms with E-state index in [-0.39, 0.29) is 0 Å². The minimum absolute atomic E-state index is 0.376. The molecule has 168 valence electrons. The Kier molecular flexibility index (Phi) is 7.59. The van der Waals surface area contributed by atoms with Crippen molar-refractivity contribution in [3.63, 3.8) is 0 Å². The number of benzene rings is 2. The van der Waals surface area contributed by atoms with Gasteiger partial charge in [0.25, 0.3) is 0 Å². The molecule has 1 aliphatic heterocycles. The Morgan fingerprint density at radius 3 is 2.16 bits per heavy atom. The molecule has 2 aromatic rings. The van der Waals surface area contributed by atoms with Crippen molar-refractivity contribution < 1.29 is 8.42 Å². The molecule has 0 atom stereocenters. The number of rotatable bonds is 6. The number of nitrogens with one attached hydrogen (secondary N) is 2. The number of aliphatic imine (C=N–C) groups is 1. The van der Waals surface area contributed by atoms with Gasteiger partial charge in [0.05, 0.1) is 4.90 Å². The van der Waals surface area contributed by atoms with Crippen molar-refractivity contribution in [1.29, 1.82) is 0 Å². The summed E-state index contributed by atoms with van der Waals surface area (Å²) in [7, 11) is -1.45. The summed E-state index contributed by atoms with van der Waals surface area (Å²) in [5, 5.41) is 6.63. The zero-order valence-corrected chi connectivity index (χ0v) is 19.8. The molecule has 0 aromatic heterocycles. The highest BCUT2D eigenvalue weighted by Gasteiger charge is 2.16. The number of guanidine groups is 1. The van der Waals surface area contributed by atoms with Crippen LogP contribution in [-0.2, 0) is 22.9 Å². The molecule has 1 saturated heterocycles. The van der Waals surface area contributed by atoms with E-state index in [2.05, 4.69) is 51.7 Å². The Bertz CT molecular complexity index is 1010. The molecule has 2 aromatic carbocycles. The number of nitrogens with zero attached hydrogens (tertiary/aromatic N) is 2. The van der Waals surface area contributed by atoms with E-state index in [4.69, 9.17) is 0 Å². The van der Waals surface area contributed by atoms with E-state index >= 15 is 0 Å². The topological polar surface area (TPSA) is 73.8 Å². The summed E-state index contributed by atoms with van der Waals surface area (Å²) >= 11 is 0. The lowest BCUT2D eigenvalue weighted by atomic mass is 9.99. The molecule has 0 spiro atoms. The van der Waals surface area contributed by atoms with Crippen LogP contribution in [0.4, 0.5) is 5.69 Å². The molecule has 1 aliphatic rings. The van der Waals surface area contributed by atoms with Crippen LogP contribution in [-0.4, -0.2) is 40.8 Å². The van der Waals surface area contributed by atoms with Gasteiger partial charge in [-0.2, -0.15) is 0 Å². The van der Waals surface area contributed by atoms with Gasteiger partial charge in [-0.05, 0) is 60.6 Å². The number of hydrogen-bond acceptors (Lipinski definition) is 4. The molecule has 31 heavy (non-hydrogen) atoms. The molecule has 0 bridgehead atoms. The van der Waals surface area contributed by atoms with Gasteiger partial charge in [-0.3, -0.25) is 4.99 Å². The Morgan fingerprint density at radius 2 is 1.61 bits per heavy atom. The van der Waals surface area contributed by atoms with E-state index in [0.717, 1.165) is 30.1 Å². The van der Waals surface area contributed by atoms with E-state index in [1.807, 2.05) is 19.1 Å². The molecule has 6 nitrogen and oxygen atoms in total. The van der Waals surface area contributed by atoms with Crippen LogP contribution in [0.25, 0.3) is 0 Å². The van der Waals surface area contributed by atoms with Crippen molar-refractivity contribution in [1.82, 2.24) is 10.6 Å². The van der Waals surface area contributed by atoms with Crippen LogP contribution in [0.15, 0.2) is 52.4 Å². The Labute approximate surface area is 186 Å². The summed E-state index contributed by atoms with van der Waals surface area (Å²) < 4.78 is 23.5. The maximum absolute atomic E-state index is 11.8. The first-order chi connectivity index (χ1) is 14.8. The first kappa shape index (κ1) is 23.1. The van der Waals surface area contributed by atoms with Crippen LogP contribution in [0.1, 0.15) is 36.5 Å². The van der Waals surface area contributed by atoms with Crippen LogP contribution in [0.3, 0.4) is 0 Å². The lowest BCUT2D eigenvalue weighted by Gasteiger charge is -2.32. The third kappa shape index (κ3) is 6.47.